The third-order valence-corrected chi connectivity index (χ3v) is 3.40. The van der Waals surface area contributed by atoms with Crippen molar-refractivity contribution in [1.82, 2.24) is 0 Å². The van der Waals surface area contributed by atoms with Crippen LogP contribution >= 0.6 is 23.2 Å². The largest absolute Gasteiger partial charge is 0.489 e. The summed E-state index contributed by atoms with van der Waals surface area (Å²) in [5.41, 5.74) is 2.02. The molecule has 1 heterocycles. The Labute approximate surface area is 115 Å². The molecule has 0 aromatic heterocycles. The Hall–Kier alpha value is -1.38. The van der Waals surface area contributed by atoms with E-state index in [0.29, 0.717) is 11.6 Å². The van der Waals surface area contributed by atoms with Gasteiger partial charge in [-0.25, -0.2) is 0 Å². The number of rotatable bonds is 1. The van der Waals surface area contributed by atoms with E-state index in [0.717, 1.165) is 22.0 Å². The highest BCUT2D eigenvalue weighted by molar-refractivity contribution is 6.31. The third kappa shape index (κ3) is 2.26. The fraction of sp³-hybridized carbons (Fsp3) is 0.143. The highest BCUT2D eigenvalue weighted by Crippen LogP contribution is 2.35. The molecule has 1 N–H and O–H groups in total. The number of fused-ring (bicyclic) bond motifs is 1. The Morgan fingerprint density at radius 2 is 1.89 bits per heavy atom. The number of anilines is 1. The monoisotopic (exact) mass is 279 g/mol. The Balaban J connectivity index is 1.90. The fourth-order valence-electron chi connectivity index (χ4n) is 2.05. The first kappa shape index (κ1) is 11.7. The summed E-state index contributed by atoms with van der Waals surface area (Å²) in [6.45, 7) is 0.578. The summed E-state index contributed by atoms with van der Waals surface area (Å²) in [4.78, 5) is 0. The summed E-state index contributed by atoms with van der Waals surface area (Å²) in [6, 6.07) is 13.4. The molecule has 0 spiro atoms. The minimum absolute atomic E-state index is 0.0923. The van der Waals surface area contributed by atoms with Crippen LogP contribution in [0.2, 0.25) is 10.0 Å². The third-order valence-electron chi connectivity index (χ3n) is 2.93. The van der Waals surface area contributed by atoms with Gasteiger partial charge in [-0.05, 0) is 35.9 Å². The van der Waals surface area contributed by atoms with Crippen molar-refractivity contribution in [3.63, 3.8) is 0 Å². The van der Waals surface area contributed by atoms with Crippen molar-refractivity contribution in [2.75, 3.05) is 11.9 Å². The molecule has 0 aliphatic carbocycles. The van der Waals surface area contributed by atoms with E-state index in [2.05, 4.69) is 5.32 Å². The number of halogens is 2. The first-order valence-electron chi connectivity index (χ1n) is 5.67. The van der Waals surface area contributed by atoms with Crippen molar-refractivity contribution in [2.24, 2.45) is 0 Å². The van der Waals surface area contributed by atoms with Crippen LogP contribution < -0.4 is 10.1 Å². The van der Waals surface area contributed by atoms with Gasteiger partial charge in [0.25, 0.3) is 0 Å². The lowest BCUT2D eigenvalue weighted by Gasteiger charge is -2.28. The first-order valence-corrected chi connectivity index (χ1v) is 6.42. The predicted octanol–water partition coefficient (Wildman–Crippen LogP) is 4.54. The van der Waals surface area contributed by atoms with Gasteiger partial charge in [0, 0.05) is 10.0 Å². The molecule has 18 heavy (non-hydrogen) atoms. The molecule has 4 heteroatoms. The lowest BCUT2D eigenvalue weighted by molar-refractivity contribution is 0.286. The molecule has 1 atom stereocenters. The van der Waals surface area contributed by atoms with Crippen LogP contribution in [-0.2, 0) is 0 Å². The number of benzene rings is 2. The molecular formula is C14H11Cl2NO. The van der Waals surface area contributed by atoms with E-state index in [-0.39, 0.29) is 6.04 Å². The molecule has 0 amide bonds. The Morgan fingerprint density at radius 1 is 1.06 bits per heavy atom. The van der Waals surface area contributed by atoms with Gasteiger partial charge in [-0.3, -0.25) is 0 Å². The van der Waals surface area contributed by atoms with Gasteiger partial charge < -0.3 is 10.1 Å². The number of hydrogen-bond donors (Lipinski definition) is 1. The summed E-state index contributed by atoms with van der Waals surface area (Å²) in [5.74, 6) is 0.831. The molecule has 0 saturated heterocycles. The summed E-state index contributed by atoms with van der Waals surface area (Å²) in [5, 5.41) is 4.83. The molecule has 2 aromatic rings. The van der Waals surface area contributed by atoms with Crippen molar-refractivity contribution in [1.29, 1.82) is 0 Å². The normalized spacial score (nSPS) is 17.6. The Morgan fingerprint density at radius 3 is 2.72 bits per heavy atom. The second kappa shape index (κ2) is 4.71. The molecule has 1 aliphatic heterocycles. The van der Waals surface area contributed by atoms with Crippen molar-refractivity contribution in [3.8, 4) is 5.75 Å². The highest BCUT2D eigenvalue weighted by Gasteiger charge is 2.20. The van der Waals surface area contributed by atoms with E-state index in [1.807, 2.05) is 42.5 Å². The van der Waals surface area contributed by atoms with Crippen LogP contribution in [0.15, 0.2) is 42.5 Å². The quantitative estimate of drug-likeness (QED) is 0.828. The SMILES string of the molecule is Clc1cccc(C2COc3ccc(Cl)cc3N2)c1. The van der Waals surface area contributed by atoms with Gasteiger partial charge in [0.2, 0.25) is 0 Å². The number of ether oxygens (including phenoxy) is 1. The van der Waals surface area contributed by atoms with Gasteiger partial charge in [0.15, 0.2) is 0 Å². The highest BCUT2D eigenvalue weighted by atomic mass is 35.5. The minimum atomic E-state index is 0.0923. The molecule has 2 nitrogen and oxygen atoms in total. The maximum atomic E-state index is 6.00. The van der Waals surface area contributed by atoms with E-state index in [1.54, 1.807) is 0 Å². The summed E-state index contributed by atoms with van der Waals surface area (Å²) in [7, 11) is 0. The molecule has 1 unspecified atom stereocenters. The van der Waals surface area contributed by atoms with Crippen molar-refractivity contribution in [3.05, 3.63) is 58.1 Å². The van der Waals surface area contributed by atoms with E-state index in [9.17, 15) is 0 Å². The zero-order chi connectivity index (χ0) is 12.5. The van der Waals surface area contributed by atoms with Gasteiger partial charge in [0.1, 0.15) is 12.4 Å². The van der Waals surface area contributed by atoms with Crippen molar-refractivity contribution < 1.29 is 4.74 Å². The van der Waals surface area contributed by atoms with Gasteiger partial charge in [-0.1, -0.05) is 35.3 Å². The maximum Gasteiger partial charge on any atom is 0.142 e. The van der Waals surface area contributed by atoms with E-state index >= 15 is 0 Å². The van der Waals surface area contributed by atoms with Crippen LogP contribution in [0.3, 0.4) is 0 Å². The number of nitrogens with one attached hydrogen (secondary N) is 1. The standard InChI is InChI=1S/C14H11Cl2NO/c15-10-3-1-2-9(6-10)13-8-18-14-5-4-11(16)7-12(14)17-13/h1-7,13,17H,8H2. The van der Waals surface area contributed by atoms with Gasteiger partial charge in [0.05, 0.1) is 11.7 Å². The number of hydrogen-bond acceptors (Lipinski definition) is 2. The average molecular weight is 280 g/mol. The molecule has 92 valence electrons. The van der Waals surface area contributed by atoms with Crippen LogP contribution in [-0.4, -0.2) is 6.61 Å². The molecule has 0 fully saturated rings. The second-order valence-corrected chi connectivity index (χ2v) is 5.08. The first-order chi connectivity index (χ1) is 8.72. The van der Waals surface area contributed by atoms with Crippen LogP contribution in [0, 0.1) is 0 Å². The van der Waals surface area contributed by atoms with Crippen molar-refractivity contribution >= 4 is 28.9 Å². The Bertz CT molecular complexity index is 586. The van der Waals surface area contributed by atoms with E-state index < -0.39 is 0 Å². The fourth-order valence-corrected chi connectivity index (χ4v) is 2.42. The molecular weight excluding hydrogens is 269 g/mol. The molecule has 1 aliphatic rings. The van der Waals surface area contributed by atoms with Gasteiger partial charge >= 0.3 is 0 Å². The average Bonchev–Trinajstić information content (AvgIpc) is 2.38. The van der Waals surface area contributed by atoms with Crippen LogP contribution in [0.25, 0.3) is 0 Å². The zero-order valence-corrected chi connectivity index (χ0v) is 11.0. The molecule has 3 rings (SSSR count). The predicted molar refractivity (Wildman–Crippen MR) is 74.8 cm³/mol. The van der Waals surface area contributed by atoms with Crippen molar-refractivity contribution in [2.45, 2.75) is 6.04 Å². The minimum Gasteiger partial charge on any atom is -0.489 e. The molecule has 2 aromatic carbocycles. The van der Waals surface area contributed by atoms with Crippen LogP contribution in [0.1, 0.15) is 11.6 Å². The van der Waals surface area contributed by atoms with Gasteiger partial charge in [-0.2, -0.15) is 0 Å². The summed E-state index contributed by atoms with van der Waals surface area (Å²) in [6.07, 6.45) is 0. The van der Waals surface area contributed by atoms with Crippen LogP contribution in [0.5, 0.6) is 5.75 Å². The topological polar surface area (TPSA) is 21.3 Å². The van der Waals surface area contributed by atoms with E-state index in [1.165, 1.54) is 0 Å². The summed E-state index contributed by atoms with van der Waals surface area (Å²) >= 11 is 12.0. The molecule has 0 saturated carbocycles. The lowest BCUT2D eigenvalue weighted by atomic mass is 10.1. The van der Waals surface area contributed by atoms with E-state index in [4.69, 9.17) is 27.9 Å². The smallest absolute Gasteiger partial charge is 0.142 e. The Kier molecular flexibility index (Phi) is 3.06. The second-order valence-electron chi connectivity index (χ2n) is 4.20. The van der Waals surface area contributed by atoms with Crippen LogP contribution in [0.4, 0.5) is 5.69 Å². The molecule has 0 bridgehead atoms. The van der Waals surface area contributed by atoms with Gasteiger partial charge in [-0.15, -0.1) is 0 Å². The summed E-state index contributed by atoms with van der Waals surface area (Å²) < 4.78 is 5.72. The maximum absolute atomic E-state index is 6.00. The molecule has 0 radical (unpaired) electrons. The lowest BCUT2D eigenvalue weighted by Crippen LogP contribution is -2.23. The zero-order valence-electron chi connectivity index (χ0n) is 9.49.